The van der Waals surface area contributed by atoms with Gasteiger partial charge in [-0.05, 0) is 0 Å². The zero-order valence-electron chi connectivity index (χ0n) is 9.28. The molecule has 90 valence electrons. The summed E-state index contributed by atoms with van der Waals surface area (Å²) in [5.74, 6) is 0.0380. The Kier molecular flexibility index (Phi) is 2.70. The van der Waals surface area contributed by atoms with E-state index < -0.39 is 12.4 Å². The highest BCUT2D eigenvalue weighted by Crippen LogP contribution is 2.37. The van der Waals surface area contributed by atoms with Crippen LogP contribution in [0.4, 0.5) is 0 Å². The molecule has 2 fully saturated rings. The van der Waals surface area contributed by atoms with E-state index in [0.29, 0.717) is 6.42 Å². The smallest absolute Gasteiger partial charge is 0.184 e. The predicted octanol–water partition coefficient (Wildman–Crippen LogP) is 1.19. The Morgan fingerprint density at radius 2 is 1.88 bits per heavy atom. The lowest BCUT2D eigenvalue weighted by Crippen LogP contribution is -2.42. The molecule has 4 heteroatoms. The Labute approximate surface area is 99.2 Å². The van der Waals surface area contributed by atoms with Crippen molar-refractivity contribution in [2.75, 3.05) is 0 Å². The maximum atomic E-state index is 11.4. The first-order valence-electron chi connectivity index (χ1n) is 5.79. The minimum Gasteiger partial charge on any atom is -0.390 e. The van der Waals surface area contributed by atoms with E-state index in [1.807, 2.05) is 30.3 Å². The van der Waals surface area contributed by atoms with Gasteiger partial charge in [-0.15, -0.1) is 0 Å². The molecule has 4 atom stereocenters. The summed E-state index contributed by atoms with van der Waals surface area (Å²) in [5, 5.41) is 9.79. The van der Waals surface area contributed by atoms with Gasteiger partial charge in [-0.25, -0.2) is 0 Å². The van der Waals surface area contributed by atoms with E-state index in [2.05, 4.69) is 0 Å². The molecule has 1 aliphatic carbocycles. The van der Waals surface area contributed by atoms with Gasteiger partial charge in [-0.2, -0.15) is 0 Å². The van der Waals surface area contributed by atoms with Crippen LogP contribution < -0.4 is 0 Å². The summed E-state index contributed by atoms with van der Waals surface area (Å²) >= 11 is 0. The maximum absolute atomic E-state index is 11.4. The first-order chi connectivity index (χ1) is 8.24. The first-order valence-corrected chi connectivity index (χ1v) is 5.79. The van der Waals surface area contributed by atoms with E-state index in [1.54, 1.807) is 0 Å². The molecule has 2 aliphatic rings. The molecule has 1 N–H and O–H groups in total. The molecule has 17 heavy (non-hydrogen) atoms. The van der Waals surface area contributed by atoms with Crippen molar-refractivity contribution < 1.29 is 19.4 Å². The first kappa shape index (κ1) is 10.9. The van der Waals surface area contributed by atoms with Gasteiger partial charge in [0.15, 0.2) is 6.29 Å². The minimum atomic E-state index is -0.741. The lowest BCUT2D eigenvalue weighted by atomic mass is 9.91. The van der Waals surface area contributed by atoms with Crippen molar-refractivity contribution in [2.45, 2.75) is 37.4 Å². The maximum Gasteiger partial charge on any atom is 0.184 e. The molecule has 4 nitrogen and oxygen atoms in total. The lowest BCUT2D eigenvalue weighted by molar-refractivity contribution is -0.129. The van der Waals surface area contributed by atoms with Crippen LogP contribution in [0.3, 0.4) is 0 Å². The predicted molar refractivity (Wildman–Crippen MR) is 59.2 cm³/mol. The molecule has 0 bridgehead atoms. The van der Waals surface area contributed by atoms with Crippen molar-refractivity contribution >= 4 is 5.78 Å². The second kappa shape index (κ2) is 4.22. The Hall–Kier alpha value is -1.23. The number of aliphatic hydroxyl groups is 1. The second-order valence-corrected chi connectivity index (χ2v) is 4.53. The summed E-state index contributed by atoms with van der Waals surface area (Å²) in [6, 6.07) is 9.56. The molecular weight excluding hydrogens is 220 g/mol. The van der Waals surface area contributed by atoms with Crippen molar-refractivity contribution in [1.82, 2.24) is 0 Å². The number of carbonyl (C=O) groups excluding carboxylic acids is 1. The van der Waals surface area contributed by atoms with Crippen LogP contribution in [0.15, 0.2) is 30.3 Å². The van der Waals surface area contributed by atoms with Crippen LogP contribution in [0.2, 0.25) is 0 Å². The van der Waals surface area contributed by atoms with Crippen LogP contribution in [0.25, 0.3) is 0 Å². The molecule has 0 spiro atoms. The third kappa shape index (κ3) is 1.99. The van der Waals surface area contributed by atoms with Gasteiger partial charge in [0, 0.05) is 18.4 Å². The van der Waals surface area contributed by atoms with E-state index in [-0.39, 0.29) is 24.4 Å². The van der Waals surface area contributed by atoms with Gasteiger partial charge in [-0.3, -0.25) is 4.79 Å². The quantitative estimate of drug-likeness (QED) is 0.793. The largest absolute Gasteiger partial charge is 0.390 e. The molecule has 1 aliphatic heterocycles. The second-order valence-electron chi connectivity index (χ2n) is 4.53. The van der Waals surface area contributed by atoms with Crippen LogP contribution in [-0.2, 0) is 14.3 Å². The molecule has 0 amide bonds. The molecule has 1 saturated heterocycles. The van der Waals surface area contributed by atoms with E-state index in [1.165, 1.54) is 0 Å². The summed E-state index contributed by atoms with van der Waals surface area (Å²) in [6.45, 7) is 0. The molecule has 1 aromatic carbocycles. The molecule has 0 radical (unpaired) electrons. The fraction of sp³-hybridized carbons (Fsp3) is 0.462. The van der Waals surface area contributed by atoms with Crippen LogP contribution in [0.1, 0.15) is 24.7 Å². The van der Waals surface area contributed by atoms with Gasteiger partial charge < -0.3 is 14.6 Å². The molecule has 3 rings (SSSR count). The molecule has 1 heterocycles. The fourth-order valence-electron chi connectivity index (χ4n) is 2.43. The Morgan fingerprint density at radius 3 is 2.65 bits per heavy atom. The number of carbonyl (C=O) groups is 1. The number of Topliss-reactive ketones (excluding diaryl/α,β-unsaturated/α-hetero) is 1. The summed E-state index contributed by atoms with van der Waals surface area (Å²) in [7, 11) is 0. The zero-order chi connectivity index (χ0) is 11.8. The summed E-state index contributed by atoms with van der Waals surface area (Å²) in [4.78, 5) is 11.4. The number of fused-ring (bicyclic) bond motifs is 1. The van der Waals surface area contributed by atoms with Gasteiger partial charge in [0.2, 0.25) is 0 Å². The standard InChI is InChI=1S/C13H14O4/c14-9-6-10(15)12-11(7-9)16-13(17-12)8-4-2-1-3-5-8/h1-5,10-13,15H,6-7H2/t10-,11-,12+,13+/m1/s1. The fourth-order valence-corrected chi connectivity index (χ4v) is 2.43. The summed E-state index contributed by atoms with van der Waals surface area (Å²) in [6.07, 6.45) is -1.38. The van der Waals surface area contributed by atoms with Crippen molar-refractivity contribution in [3.63, 3.8) is 0 Å². The highest BCUT2D eigenvalue weighted by atomic mass is 16.7. The normalized spacial score (nSPS) is 36.9. The van der Waals surface area contributed by atoms with E-state index in [9.17, 15) is 9.90 Å². The summed E-state index contributed by atoms with van der Waals surface area (Å²) < 4.78 is 11.4. The van der Waals surface area contributed by atoms with E-state index in [0.717, 1.165) is 5.56 Å². The third-order valence-corrected chi connectivity index (χ3v) is 3.26. The number of benzene rings is 1. The van der Waals surface area contributed by atoms with Gasteiger partial charge in [0.1, 0.15) is 11.9 Å². The topological polar surface area (TPSA) is 55.8 Å². The average molecular weight is 234 g/mol. The highest BCUT2D eigenvalue weighted by molar-refractivity contribution is 5.80. The number of hydrogen-bond acceptors (Lipinski definition) is 4. The average Bonchev–Trinajstić information content (AvgIpc) is 2.74. The van der Waals surface area contributed by atoms with Gasteiger partial charge in [0.25, 0.3) is 0 Å². The Balaban J connectivity index is 1.79. The van der Waals surface area contributed by atoms with Crippen LogP contribution in [-0.4, -0.2) is 29.2 Å². The lowest BCUT2D eigenvalue weighted by Gasteiger charge is -2.26. The molecule has 0 unspecified atom stereocenters. The molecule has 1 aromatic rings. The zero-order valence-corrected chi connectivity index (χ0v) is 9.28. The molecule has 1 saturated carbocycles. The third-order valence-electron chi connectivity index (χ3n) is 3.26. The Morgan fingerprint density at radius 1 is 1.12 bits per heavy atom. The van der Waals surface area contributed by atoms with Crippen molar-refractivity contribution in [2.24, 2.45) is 0 Å². The van der Waals surface area contributed by atoms with Crippen molar-refractivity contribution in [1.29, 1.82) is 0 Å². The minimum absolute atomic E-state index is 0.0380. The van der Waals surface area contributed by atoms with E-state index >= 15 is 0 Å². The summed E-state index contributed by atoms with van der Waals surface area (Å²) in [5.41, 5.74) is 0.918. The Bertz CT molecular complexity index is 417. The van der Waals surface area contributed by atoms with Gasteiger partial charge in [-0.1, -0.05) is 30.3 Å². The van der Waals surface area contributed by atoms with Gasteiger partial charge >= 0.3 is 0 Å². The molecular formula is C13H14O4. The SMILES string of the molecule is O=C1C[C@@H](O)[C@@H]2O[C@@H](c3ccccc3)O[C@@H]2C1. The van der Waals surface area contributed by atoms with E-state index in [4.69, 9.17) is 9.47 Å². The van der Waals surface area contributed by atoms with Crippen LogP contribution >= 0.6 is 0 Å². The number of aliphatic hydroxyl groups excluding tert-OH is 1. The highest BCUT2D eigenvalue weighted by Gasteiger charge is 2.45. The number of rotatable bonds is 1. The number of hydrogen-bond donors (Lipinski definition) is 1. The number of ether oxygens (including phenoxy) is 2. The van der Waals surface area contributed by atoms with Crippen LogP contribution in [0.5, 0.6) is 0 Å². The number of ketones is 1. The van der Waals surface area contributed by atoms with Crippen molar-refractivity contribution in [3.8, 4) is 0 Å². The monoisotopic (exact) mass is 234 g/mol. The molecule has 0 aromatic heterocycles. The van der Waals surface area contributed by atoms with Gasteiger partial charge in [0.05, 0.1) is 12.2 Å². The van der Waals surface area contributed by atoms with Crippen molar-refractivity contribution in [3.05, 3.63) is 35.9 Å². The van der Waals surface area contributed by atoms with Crippen LogP contribution in [0, 0.1) is 0 Å².